The summed E-state index contributed by atoms with van der Waals surface area (Å²) in [5, 5.41) is 5.33. The van der Waals surface area contributed by atoms with E-state index in [0.29, 0.717) is 12.1 Å². The number of likely N-dealkylation sites (N-methyl/N-ethyl adjacent to an activating group) is 1. The van der Waals surface area contributed by atoms with E-state index in [9.17, 15) is 18.8 Å². The van der Waals surface area contributed by atoms with Crippen LogP contribution in [0, 0.1) is 5.82 Å². The van der Waals surface area contributed by atoms with E-state index in [-0.39, 0.29) is 30.7 Å². The van der Waals surface area contributed by atoms with Gasteiger partial charge in [-0.2, -0.15) is 0 Å². The van der Waals surface area contributed by atoms with Gasteiger partial charge in [-0.05, 0) is 24.6 Å². The Bertz CT molecular complexity index is 576. The first-order valence-corrected chi connectivity index (χ1v) is 6.56. The largest absolute Gasteiger partial charge is 0.325 e. The van der Waals surface area contributed by atoms with Gasteiger partial charge in [0, 0.05) is 19.2 Å². The van der Waals surface area contributed by atoms with E-state index in [0.717, 1.165) is 4.90 Å². The normalized spacial score (nSPS) is 18.8. The number of nitrogens with zero attached hydrogens (tertiary/aromatic N) is 1. The molecular formula is C14H16FN3O3. The maximum atomic E-state index is 13.0. The predicted molar refractivity (Wildman–Crippen MR) is 73.8 cm³/mol. The number of imide groups is 1. The third-order valence-corrected chi connectivity index (χ3v) is 3.27. The first-order chi connectivity index (χ1) is 9.97. The van der Waals surface area contributed by atoms with Gasteiger partial charge in [-0.3, -0.25) is 24.6 Å². The van der Waals surface area contributed by atoms with Crippen molar-refractivity contribution in [3.05, 3.63) is 30.1 Å². The number of carbonyl (C=O) groups excluding carboxylic acids is 3. The lowest BCUT2D eigenvalue weighted by molar-refractivity contribution is -0.148. The number of piperidine rings is 1. The van der Waals surface area contributed by atoms with Gasteiger partial charge in [-0.25, -0.2) is 4.39 Å². The summed E-state index contributed by atoms with van der Waals surface area (Å²) in [6.07, 6.45) is 0.640. The lowest BCUT2D eigenvalue weighted by Crippen LogP contribution is -2.52. The number of hydrogen-bond acceptors (Lipinski definition) is 4. The fraction of sp³-hybridized carbons (Fsp3) is 0.357. The minimum atomic E-state index is -0.550. The van der Waals surface area contributed by atoms with Crippen LogP contribution >= 0.6 is 0 Å². The molecule has 1 saturated heterocycles. The van der Waals surface area contributed by atoms with E-state index in [1.807, 2.05) is 0 Å². The van der Waals surface area contributed by atoms with Gasteiger partial charge < -0.3 is 5.32 Å². The number of amides is 3. The fourth-order valence-corrected chi connectivity index (χ4v) is 2.09. The first kappa shape index (κ1) is 15.1. The van der Waals surface area contributed by atoms with Gasteiger partial charge in [-0.15, -0.1) is 0 Å². The molecule has 1 aromatic rings. The topological polar surface area (TPSA) is 78.5 Å². The Morgan fingerprint density at radius 1 is 1.43 bits per heavy atom. The van der Waals surface area contributed by atoms with E-state index in [1.165, 1.54) is 25.2 Å². The molecule has 1 atom stereocenters. The molecule has 2 rings (SSSR count). The second kappa shape index (κ2) is 6.45. The molecular weight excluding hydrogens is 277 g/mol. The third-order valence-electron chi connectivity index (χ3n) is 3.27. The van der Waals surface area contributed by atoms with Crippen molar-refractivity contribution in [1.29, 1.82) is 0 Å². The van der Waals surface area contributed by atoms with E-state index in [4.69, 9.17) is 0 Å². The van der Waals surface area contributed by atoms with Crippen molar-refractivity contribution in [1.82, 2.24) is 10.2 Å². The molecule has 1 aliphatic heterocycles. The Balaban J connectivity index is 1.84. The zero-order valence-corrected chi connectivity index (χ0v) is 11.6. The minimum Gasteiger partial charge on any atom is -0.325 e. The second-order valence-corrected chi connectivity index (χ2v) is 4.82. The van der Waals surface area contributed by atoms with Crippen molar-refractivity contribution in [2.45, 2.75) is 18.9 Å². The smallest absolute Gasteiger partial charge is 0.246 e. The molecule has 21 heavy (non-hydrogen) atoms. The molecule has 1 unspecified atom stereocenters. The van der Waals surface area contributed by atoms with Crippen molar-refractivity contribution in [2.24, 2.45) is 0 Å². The van der Waals surface area contributed by atoms with Crippen LogP contribution in [0.1, 0.15) is 12.8 Å². The highest BCUT2D eigenvalue weighted by Crippen LogP contribution is 2.11. The van der Waals surface area contributed by atoms with Crippen LogP contribution in [0.15, 0.2) is 24.3 Å². The first-order valence-electron chi connectivity index (χ1n) is 6.56. The number of nitrogens with one attached hydrogen (secondary N) is 2. The Morgan fingerprint density at radius 2 is 2.19 bits per heavy atom. The molecule has 6 nitrogen and oxygen atoms in total. The van der Waals surface area contributed by atoms with E-state index < -0.39 is 11.9 Å². The number of benzene rings is 1. The van der Waals surface area contributed by atoms with Gasteiger partial charge in [0.2, 0.25) is 17.7 Å². The van der Waals surface area contributed by atoms with Gasteiger partial charge in [-0.1, -0.05) is 6.07 Å². The molecule has 1 aliphatic rings. The van der Waals surface area contributed by atoms with Crippen LogP contribution in [0.4, 0.5) is 10.1 Å². The third kappa shape index (κ3) is 3.85. The number of carbonyl (C=O) groups is 3. The van der Waals surface area contributed by atoms with Gasteiger partial charge in [0.1, 0.15) is 5.82 Å². The summed E-state index contributed by atoms with van der Waals surface area (Å²) in [5.74, 6) is -1.39. The molecule has 112 valence electrons. The van der Waals surface area contributed by atoms with Gasteiger partial charge in [0.15, 0.2) is 0 Å². The minimum absolute atomic E-state index is 0.0883. The summed E-state index contributed by atoms with van der Waals surface area (Å²) >= 11 is 0. The average Bonchev–Trinajstić information content (AvgIpc) is 2.44. The molecule has 1 aromatic carbocycles. The molecule has 0 radical (unpaired) electrons. The predicted octanol–water partition coefficient (Wildman–Crippen LogP) is 0.501. The van der Waals surface area contributed by atoms with E-state index in [2.05, 4.69) is 10.6 Å². The molecule has 0 bridgehead atoms. The number of anilines is 1. The van der Waals surface area contributed by atoms with Gasteiger partial charge in [0.25, 0.3) is 0 Å². The summed E-state index contributed by atoms with van der Waals surface area (Å²) in [6.45, 7) is -0.0883. The maximum Gasteiger partial charge on any atom is 0.246 e. The van der Waals surface area contributed by atoms with Crippen LogP contribution in [0.3, 0.4) is 0 Å². The second-order valence-electron chi connectivity index (χ2n) is 4.82. The monoisotopic (exact) mass is 293 g/mol. The molecule has 0 aliphatic carbocycles. The van der Waals surface area contributed by atoms with Crippen LogP contribution in [0.5, 0.6) is 0 Å². The summed E-state index contributed by atoms with van der Waals surface area (Å²) in [5.41, 5.74) is 0.351. The molecule has 1 heterocycles. The zero-order chi connectivity index (χ0) is 15.4. The zero-order valence-electron chi connectivity index (χ0n) is 11.6. The lowest BCUT2D eigenvalue weighted by atomic mass is 10.0. The van der Waals surface area contributed by atoms with Gasteiger partial charge >= 0.3 is 0 Å². The molecule has 0 saturated carbocycles. The van der Waals surface area contributed by atoms with Crippen LogP contribution in [-0.4, -0.2) is 42.3 Å². The molecule has 0 aromatic heterocycles. The summed E-state index contributed by atoms with van der Waals surface area (Å²) in [4.78, 5) is 35.9. The van der Waals surface area contributed by atoms with Crippen LogP contribution in [0.25, 0.3) is 0 Å². The quantitative estimate of drug-likeness (QED) is 0.793. The summed E-state index contributed by atoms with van der Waals surface area (Å²) < 4.78 is 13.0. The fourth-order valence-electron chi connectivity index (χ4n) is 2.09. The standard InChI is InChI=1S/C14H16FN3O3/c1-18-13(20)6-5-11(14(18)21)16-8-12(19)17-10-4-2-3-9(15)7-10/h2-4,7,11,16H,5-6,8H2,1H3,(H,17,19). The van der Waals surface area contributed by atoms with Crippen molar-refractivity contribution in [3.8, 4) is 0 Å². The lowest BCUT2D eigenvalue weighted by Gasteiger charge is -2.28. The Hall–Kier alpha value is -2.28. The average molecular weight is 293 g/mol. The Labute approximate surface area is 121 Å². The highest BCUT2D eigenvalue weighted by Gasteiger charge is 2.31. The van der Waals surface area contributed by atoms with Crippen LogP contribution in [-0.2, 0) is 14.4 Å². The number of halogens is 1. The number of likely N-dealkylation sites (tertiary alicyclic amines) is 1. The maximum absolute atomic E-state index is 13.0. The van der Waals surface area contributed by atoms with Crippen molar-refractivity contribution in [3.63, 3.8) is 0 Å². The Morgan fingerprint density at radius 3 is 2.90 bits per heavy atom. The van der Waals surface area contributed by atoms with E-state index in [1.54, 1.807) is 6.07 Å². The molecule has 2 N–H and O–H groups in total. The summed E-state index contributed by atoms with van der Waals surface area (Å²) in [7, 11) is 1.42. The number of rotatable bonds is 4. The van der Waals surface area contributed by atoms with Crippen molar-refractivity contribution >= 4 is 23.4 Å². The van der Waals surface area contributed by atoms with Crippen LogP contribution in [0.2, 0.25) is 0 Å². The highest BCUT2D eigenvalue weighted by atomic mass is 19.1. The highest BCUT2D eigenvalue weighted by molar-refractivity contribution is 6.00. The Kier molecular flexibility index (Phi) is 4.64. The molecule has 7 heteroatoms. The molecule has 0 spiro atoms. The summed E-state index contributed by atoms with van der Waals surface area (Å²) in [6, 6.07) is 4.99. The van der Waals surface area contributed by atoms with Crippen molar-refractivity contribution in [2.75, 3.05) is 18.9 Å². The molecule has 1 fully saturated rings. The van der Waals surface area contributed by atoms with Crippen LogP contribution < -0.4 is 10.6 Å². The van der Waals surface area contributed by atoms with Gasteiger partial charge in [0.05, 0.1) is 12.6 Å². The van der Waals surface area contributed by atoms with E-state index >= 15 is 0 Å². The number of hydrogen-bond donors (Lipinski definition) is 2. The molecule has 3 amide bonds. The SMILES string of the molecule is CN1C(=O)CCC(NCC(=O)Nc2cccc(F)c2)C1=O. The van der Waals surface area contributed by atoms with Crippen molar-refractivity contribution < 1.29 is 18.8 Å².